The zero-order valence-corrected chi connectivity index (χ0v) is 16.2. The van der Waals surface area contributed by atoms with Gasteiger partial charge in [0.1, 0.15) is 12.4 Å². The van der Waals surface area contributed by atoms with Crippen LogP contribution in [-0.4, -0.2) is 18.1 Å². The zero-order valence-electron chi connectivity index (χ0n) is 16.2. The molecule has 0 bridgehead atoms. The van der Waals surface area contributed by atoms with Gasteiger partial charge < -0.3 is 20.1 Å². The van der Waals surface area contributed by atoms with Gasteiger partial charge in [-0.3, -0.25) is 0 Å². The van der Waals surface area contributed by atoms with Crippen LogP contribution in [-0.2, 0) is 16.1 Å². The van der Waals surface area contributed by atoms with Gasteiger partial charge in [-0.25, -0.2) is 9.59 Å². The number of carbonyl (C=O) groups excluding carboxylic acids is 2. The molecule has 2 aromatic rings. The molecule has 1 unspecified atom stereocenters. The second-order valence-electron chi connectivity index (χ2n) is 6.87. The summed E-state index contributed by atoms with van der Waals surface area (Å²) in [4.78, 5) is 24.6. The number of carbonyl (C=O) groups is 2. The van der Waals surface area contributed by atoms with E-state index in [0.29, 0.717) is 23.6 Å². The normalized spacial score (nSPS) is 16.4. The third-order valence-electron chi connectivity index (χ3n) is 4.27. The number of nitrogens with one attached hydrogen (secondary N) is 2. The molecule has 0 aliphatic carbocycles. The monoisotopic (exact) mass is 380 g/mol. The molecule has 1 aliphatic rings. The molecule has 6 nitrogen and oxygen atoms in total. The van der Waals surface area contributed by atoms with Gasteiger partial charge in [-0.15, -0.1) is 0 Å². The predicted octanol–water partition coefficient (Wildman–Crippen LogP) is 3.85. The van der Waals surface area contributed by atoms with Crippen molar-refractivity contribution in [3.05, 3.63) is 77.0 Å². The molecule has 6 heteroatoms. The van der Waals surface area contributed by atoms with Gasteiger partial charge >= 0.3 is 12.0 Å². The summed E-state index contributed by atoms with van der Waals surface area (Å²) < 4.78 is 11.2. The van der Waals surface area contributed by atoms with Gasteiger partial charge in [-0.1, -0.05) is 42.5 Å². The Kier molecular flexibility index (Phi) is 5.99. The third kappa shape index (κ3) is 4.71. The molecule has 2 N–H and O–H groups in total. The fraction of sp³-hybridized carbons (Fsp3) is 0.273. The van der Waals surface area contributed by atoms with Crippen molar-refractivity contribution < 1.29 is 19.1 Å². The number of amides is 2. The zero-order chi connectivity index (χ0) is 20.1. The average molecular weight is 380 g/mol. The highest BCUT2D eigenvalue weighted by molar-refractivity contribution is 5.95. The van der Waals surface area contributed by atoms with Crippen LogP contribution in [0.2, 0.25) is 0 Å². The van der Waals surface area contributed by atoms with Crippen LogP contribution < -0.4 is 15.4 Å². The molecule has 146 valence electrons. The highest BCUT2D eigenvalue weighted by Gasteiger charge is 2.32. The quantitative estimate of drug-likeness (QED) is 0.747. The fourth-order valence-electron chi connectivity index (χ4n) is 3.02. The van der Waals surface area contributed by atoms with Gasteiger partial charge in [0.2, 0.25) is 0 Å². The number of allylic oxidation sites excluding steroid dienone is 1. The number of hydrogen-bond donors (Lipinski definition) is 2. The number of hydrogen-bond acceptors (Lipinski definition) is 4. The van der Waals surface area contributed by atoms with Crippen molar-refractivity contribution in [1.29, 1.82) is 0 Å². The topological polar surface area (TPSA) is 76.7 Å². The van der Waals surface area contributed by atoms with E-state index < -0.39 is 12.0 Å². The van der Waals surface area contributed by atoms with Gasteiger partial charge in [0.25, 0.3) is 0 Å². The Morgan fingerprint density at radius 3 is 2.57 bits per heavy atom. The van der Waals surface area contributed by atoms with Gasteiger partial charge in [0.15, 0.2) is 0 Å². The first-order valence-corrected chi connectivity index (χ1v) is 9.20. The van der Waals surface area contributed by atoms with Crippen LogP contribution in [0.15, 0.2) is 65.9 Å². The van der Waals surface area contributed by atoms with Crippen molar-refractivity contribution in [2.24, 2.45) is 0 Å². The van der Waals surface area contributed by atoms with Gasteiger partial charge in [0.05, 0.1) is 17.7 Å². The minimum Gasteiger partial charge on any atom is -0.489 e. The van der Waals surface area contributed by atoms with E-state index in [1.807, 2.05) is 54.6 Å². The molecule has 0 radical (unpaired) electrons. The lowest BCUT2D eigenvalue weighted by Crippen LogP contribution is -2.45. The summed E-state index contributed by atoms with van der Waals surface area (Å²) in [6.07, 6.45) is -0.258. The van der Waals surface area contributed by atoms with Crippen LogP contribution in [0.4, 0.5) is 4.79 Å². The largest absolute Gasteiger partial charge is 0.489 e. The van der Waals surface area contributed by atoms with E-state index in [1.54, 1.807) is 20.8 Å². The summed E-state index contributed by atoms with van der Waals surface area (Å²) in [7, 11) is 0. The maximum absolute atomic E-state index is 12.6. The first-order valence-electron chi connectivity index (χ1n) is 9.20. The molecule has 0 aromatic heterocycles. The molecule has 1 atom stereocenters. The van der Waals surface area contributed by atoms with E-state index in [4.69, 9.17) is 9.47 Å². The lowest BCUT2D eigenvalue weighted by molar-refractivity contribution is -0.143. The van der Waals surface area contributed by atoms with Gasteiger partial charge in [-0.2, -0.15) is 0 Å². The SMILES string of the molecule is CC1=C(C(=O)OC(C)C)C(c2cccc(OCc3ccccc3)c2)NC(=O)N1. The Morgan fingerprint density at radius 2 is 1.86 bits per heavy atom. The molecule has 0 spiro atoms. The predicted molar refractivity (Wildman–Crippen MR) is 106 cm³/mol. The molecule has 2 amide bonds. The Morgan fingerprint density at radius 1 is 1.11 bits per heavy atom. The van der Waals surface area contributed by atoms with Gasteiger partial charge in [-0.05, 0) is 44.0 Å². The van der Waals surface area contributed by atoms with Crippen LogP contribution in [0.3, 0.4) is 0 Å². The molecule has 0 saturated carbocycles. The van der Waals surface area contributed by atoms with E-state index in [-0.39, 0.29) is 12.1 Å². The van der Waals surface area contributed by atoms with Crippen molar-refractivity contribution in [1.82, 2.24) is 10.6 Å². The molecule has 1 aliphatic heterocycles. The summed E-state index contributed by atoms with van der Waals surface area (Å²) in [5, 5.41) is 5.45. The number of ether oxygens (including phenoxy) is 2. The number of esters is 1. The molecule has 1 heterocycles. The summed E-state index contributed by atoms with van der Waals surface area (Å²) >= 11 is 0. The summed E-state index contributed by atoms with van der Waals surface area (Å²) in [6.45, 7) is 5.70. The summed E-state index contributed by atoms with van der Waals surface area (Å²) in [5.74, 6) is 0.198. The number of urea groups is 1. The van der Waals surface area contributed by atoms with Crippen LogP contribution in [0.1, 0.15) is 37.9 Å². The lowest BCUT2D eigenvalue weighted by Gasteiger charge is -2.28. The molecule has 3 rings (SSSR count). The summed E-state index contributed by atoms with van der Waals surface area (Å²) in [6, 6.07) is 16.2. The standard InChI is InChI=1S/C22H24N2O4/c1-14(2)28-21(25)19-15(3)23-22(26)24-20(19)17-10-7-11-18(12-17)27-13-16-8-5-4-6-9-16/h4-12,14,20H,13H2,1-3H3,(H2,23,24,26). The molecular formula is C22H24N2O4. The Balaban J connectivity index is 1.84. The first-order chi connectivity index (χ1) is 13.4. The van der Waals surface area contributed by atoms with Crippen molar-refractivity contribution >= 4 is 12.0 Å². The van der Waals surface area contributed by atoms with E-state index in [2.05, 4.69) is 10.6 Å². The van der Waals surface area contributed by atoms with Gasteiger partial charge in [0, 0.05) is 5.70 Å². The van der Waals surface area contributed by atoms with Crippen molar-refractivity contribution in [2.75, 3.05) is 0 Å². The number of rotatable bonds is 6. The highest BCUT2D eigenvalue weighted by Crippen LogP contribution is 2.30. The summed E-state index contributed by atoms with van der Waals surface area (Å²) in [5.41, 5.74) is 2.67. The smallest absolute Gasteiger partial charge is 0.338 e. The Labute approximate surface area is 164 Å². The van der Waals surface area contributed by atoms with E-state index >= 15 is 0 Å². The highest BCUT2D eigenvalue weighted by atomic mass is 16.5. The van der Waals surface area contributed by atoms with E-state index in [9.17, 15) is 9.59 Å². The van der Waals surface area contributed by atoms with E-state index in [0.717, 1.165) is 11.1 Å². The fourth-order valence-corrected chi connectivity index (χ4v) is 3.02. The van der Waals surface area contributed by atoms with Crippen molar-refractivity contribution in [3.8, 4) is 5.75 Å². The van der Waals surface area contributed by atoms with Crippen molar-refractivity contribution in [3.63, 3.8) is 0 Å². The van der Waals surface area contributed by atoms with Crippen LogP contribution in [0.5, 0.6) is 5.75 Å². The molecule has 0 fully saturated rings. The minimum atomic E-state index is -0.611. The molecule has 28 heavy (non-hydrogen) atoms. The lowest BCUT2D eigenvalue weighted by atomic mass is 9.95. The van der Waals surface area contributed by atoms with Crippen molar-refractivity contribution in [2.45, 2.75) is 39.5 Å². The second-order valence-corrected chi connectivity index (χ2v) is 6.87. The van der Waals surface area contributed by atoms with Crippen LogP contribution >= 0.6 is 0 Å². The molecule has 0 saturated heterocycles. The molecule has 2 aromatic carbocycles. The Bertz CT molecular complexity index is 890. The van der Waals surface area contributed by atoms with Crippen LogP contribution in [0, 0.1) is 0 Å². The van der Waals surface area contributed by atoms with E-state index in [1.165, 1.54) is 0 Å². The maximum atomic E-state index is 12.6. The second kappa shape index (κ2) is 8.61. The first kappa shape index (κ1) is 19.5. The minimum absolute atomic E-state index is 0.258. The number of benzene rings is 2. The molecular weight excluding hydrogens is 356 g/mol. The third-order valence-corrected chi connectivity index (χ3v) is 4.27. The van der Waals surface area contributed by atoms with Crippen LogP contribution in [0.25, 0.3) is 0 Å². The Hall–Kier alpha value is -3.28. The maximum Gasteiger partial charge on any atom is 0.338 e. The average Bonchev–Trinajstić information content (AvgIpc) is 2.66.